The number of hydrogen-bond acceptors (Lipinski definition) is 4. The highest BCUT2D eigenvalue weighted by molar-refractivity contribution is 7.21. The molecule has 0 radical (unpaired) electrons. The smallest absolute Gasteiger partial charge is 0.128 e. The topological polar surface area (TPSA) is 45.2 Å². The zero-order valence-electron chi connectivity index (χ0n) is 9.84. The maximum absolute atomic E-state index is 10.0. The molecule has 0 aliphatic rings. The molecule has 0 aliphatic heterocycles. The number of nitrogens with one attached hydrogen (secondary N) is 1. The fourth-order valence-electron chi connectivity index (χ4n) is 1.86. The van der Waals surface area contributed by atoms with E-state index in [0.717, 1.165) is 26.5 Å². The second-order valence-corrected chi connectivity index (χ2v) is 5.00. The molecule has 90 valence electrons. The Morgan fingerprint density at radius 3 is 2.72 bits per heavy atom. The van der Waals surface area contributed by atoms with E-state index in [9.17, 15) is 5.11 Å². The highest BCUT2D eigenvalue weighted by Crippen LogP contribution is 2.36. The number of hydrogen-bond donors (Lipinski definition) is 2. The first-order valence-electron chi connectivity index (χ1n) is 5.64. The van der Waals surface area contributed by atoms with Gasteiger partial charge in [-0.1, -0.05) is 12.1 Å². The van der Waals surface area contributed by atoms with Gasteiger partial charge in [0.05, 0.1) is 15.8 Å². The molecule has 0 aliphatic carbocycles. The molecule has 1 aromatic heterocycles. The van der Waals surface area contributed by atoms with Gasteiger partial charge in [-0.25, -0.2) is 4.98 Å². The van der Waals surface area contributed by atoms with Crippen LogP contribution in [0.25, 0.3) is 20.8 Å². The van der Waals surface area contributed by atoms with Crippen LogP contribution in [0.1, 0.15) is 0 Å². The minimum Gasteiger partial charge on any atom is -0.507 e. The molecule has 0 spiro atoms. The molecule has 3 aromatic rings. The van der Waals surface area contributed by atoms with Gasteiger partial charge in [-0.05, 0) is 24.3 Å². The van der Waals surface area contributed by atoms with Crippen LogP contribution >= 0.6 is 11.3 Å². The van der Waals surface area contributed by atoms with E-state index in [0.29, 0.717) is 0 Å². The summed E-state index contributed by atoms with van der Waals surface area (Å²) in [5, 5.41) is 13.9. The molecule has 0 saturated carbocycles. The number of fused-ring (bicyclic) bond motifs is 1. The maximum Gasteiger partial charge on any atom is 0.128 e. The molecule has 4 heteroatoms. The first-order valence-corrected chi connectivity index (χ1v) is 6.46. The van der Waals surface area contributed by atoms with E-state index in [1.165, 1.54) is 0 Å². The number of aromatic hydroxyl groups is 1. The van der Waals surface area contributed by atoms with E-state index in [1.807, 2.05) is 43.4 Å². The van der Waals surface area contributed by atoms with Crippen LogP contribution in [0.3, 0.4) is 0 Å². The summed E-state index contributed by atoms with van der Waals surface area (Å²) in [6, 6.07) is 13.5. The summed E-state index contributed by atoms with van der Waals surface area (Å²) in [6.45, 7) is 0. The van der Waals surface area contributed by atoms with E-state index >= 15 is 0 Å². The lowest BCUT2D eigenvalue weighted by molar-refractivity contribution is 0.477. The molecule has 18 heavy (non-hydrogen) atoms. The summed E-state index contributed by atoms with van der Waals surface area (Å²) in [6.07, 6.45) is 0. The van der Waals surface area contributed by atoms with Crippen LogP contribution in [0.2, 0.25) is 0 Å². The molecule has 2 aromatic carbocycles. The summed E-state index contributed by atoms with van der Waals surface area (Å²) in [5.74, 6) is 0.251. The number of phenols is 1. The number of rotatable bonds is 2. The van der Waals surface area contributed by atoms with Gasteiger partial charge in [0.25, 0.3) is 0 Å². The van der Waals surface area contributed by atoms with Crippen molar-refractivity contribution in [2.24, 2.45) is 0 Å². The Labute approximate surface area is 109 Å². The van der Waals surface area contributed by atoms with Gasteiger partial charge in [0, 0.05) is 18.8 Å². The third kappa shape index (κ3) is 1.80. The second-order valence-electron chi connectivity index (χ2n) is 3.97. The van der Waals surface area contributed by atoms with E-state index in [2.05, 4.69) is 10.3 Å². The third-order valence-electron chi connectivity index (χ3n) is 2.81. The van der Waals surface area contributed by atoms with Gasteiger partial charge >= 0.3 is 0 Å². The Morgan fingerprint density at radius 1 is 1.17 bits per heavy atom. The van der Waals surface area contributed by atoms with Gasteiger partial charge < -0.3 is 10.4 Å². The van der Waals surface area contributed by atoms with E-state index in [-0.39, 0.29) is 5.75 Å². The minimum atomic E-state index is 0.251. The molecule has 0 amide bonds. The van der Waals surface area contributed by atoms with E-state index < -0.39 is 0 Å². The normalized spacial score (nSPS) is 10.7. The summed E-state index contributed by atoms with van der Waals surface area (Å²) < 4.78 is 1.13. The van der Waals surface area contributed by atoms with Gasteiger partial charge in [0.15, 0.2) is 0 Å². The van der Waals surface area contributed by atoms with Gasteiger partial charge in [-0.3, -0.25) is 0 Å². The van der Waals surface area contributed by atoms with Crippen molar-refractivity contribution >= 4 is 27.2 Å². The van der Waals surface area contributed by atoms with Crippen molar-refractivity contribution in [3.63, 3.8) is 0 Å². The largest absolute Gasteiger partial charge is 0.507 e. The molecule has 3 rings (SSSR count). The lowest BCUT2D eigenvalue weighted by Gasteiger charge is -2.04. The number of anilines is 1. The second kappa shape index (κ2) is 4.31. The number of thiazole rings is 1. The zero-order chi connectivity index (χ0) is 12.5. The molecule has 0 saturated heterocycles. The first kappa shape index (κ1) is 11.0. The molecule has 0 atom stereocenters. The van der Waals surface area contributed by atoms with Crippen molar-refractivity contribution in [2.75, 3.05) is 12.4 Å². The van der Waals surface area contributed by atoms with Crippen LogP contribution in [-0.2, 0) is 0 Å². The average molecular weight is 256 g/mol. The maximum atomic E-state index is 10.0. The van der Waals surface area contributed by atoms with Crippen molar-refractivity contribution in [1.82, 2.24) is 4.98 Å². The summed E-state index contributed by atoms with van der Waals surface area (Å²) in [7, 11) is 1.83. The highest BCUT2D eigenvalue weighted by Gasteiger charge is 2.10. The zero-order valence-corrected chi connectivity index (χ0v) is 10.7. The lowest BCUT2D eigenvalue weighted by Crippen LogP contribution is -1.87. The lowest BCUT2D eigenvalue weighted by atomic mass is 10.2. The average Bonchev–Trinajstić information content (AvgIpc) is 2.81. The Bertz CT molecular complexity index is 673. The molecule has 0 unspecified atom stereocenters. The SMILES string of the molecule is CNc1ccc(-c2nc3ccccc3s2)c(O)c1. The van der Waals surface area contributed by atoms with Gasteiger partial charge in [-0.15, -0.1) is 11.3 Å². The van der Waals surface area contributed by atoms with Crippen LogP contribution in [-0.4, -0.2) is 17.1 Å². The van der Waals surface area contributed by atoms with Crippen molar-refractivity contribution in [2.45, 2.75) is 0 Å². The molecule has 2 N–H and O–H groups in total. The van der Waals surface area contributed by atoms with Crippen LogP contribution in [0, 0.1) is 0 Å². The van der Waals surface area contributed by atoms with Gasteiger partial charge in [0.1, 0.15) is 10.8 Å². The Hall–Kier alpha value is -2.07. The molecular weight excluding hydrogens is 244 g/mol. The van der Waals surface area contributed by atoms with E-state index in [1.54, 1.807) is 17.4 Å². The predicted molar refractivity (Wildman–Crippen MR) is 76.3 cm³/mol. The number of phenolic OH excluding ortho intramolecular Hbond substituents is 1. The first-order chi connectivity index (χ1) is 8.78. The molecule has 0 bridgehead atoms. The monoisotopic (exact) mass is 256 g/mol. The van der Waals surface area contributed by atoms with Crippen molar-refractivity contribution in [3.8, 4) is 16.3 Å². The number of nitrogens with zero attached hydrogens (tertiary/aromatic N) is 1. The standard InChI is InChI=1S/C14H12N2OS/c1-15-9-6-7-10(12(17)8-9)14-16-11-4-2-3-5-13(11)18-14/h2-8,15,17H,1H3. The Balaban J connectivity index is 2.14. The van der Waals surface area contributed by atoms with Crippen molar-refractivity contribution < 1.29 is 5.11 Å². The van der Waals surface area contributed by atoms with E-state index in [4.69, 9.17) is 0 Å². The molecular formula is C14H12N2OS. The summed E-state index contributed by atoms with van der Waals surface area (Å²) in [5.41, 5.74) is 2.63. The predicted octanol–water partition coefficient (Wildman–Crippen LogP) is 3.71. The molecule has 0 fully saturated rings. The summed E-state index contributed by atoms with van der Waals surface area (Å²) in [4.78, 5) is 4.54. The summed E-state index contributed by atoms with van der Waals surface area (Å²) >= 11 is 1.59. The van der Waals surface area contributed by atoms with Crippen molar-refractivity contribution in [3.05, 3.63) is 42.5 Å². The van der Waals surface area contributed by atoms with Gasteiger partial charge in [-0.2, -0.15) is 0 Å². The number of benzene rings is 2. The quantitative estimate of drug-likeness (QED) is 0.734. The van der Waals surface area contributed by atoms with Crippen molar-refractivity contribution in [1.29, 1.82) is 0 Å². The van der Waals surface area contributed by atoms with Crippen LogP contribution in [0.5, 0.6) is 5.75 Å². The third-order valence-corrected chi connectivity index (χ3v) is 3.88. The number of para-hydroxylation sites is 1. The number of aromatic nitrogens is 1. The molecule has 3 nitrogen and oxygen atoms in total. The fourth-order valence-corrected chi connectivity index (χ4v) is 2.86. The van der Waals surface area contributed by atoms with Crippen LogP contribution in [0.15, 0.2) is 42.5 Å². The Morgan fingerprint density at radius 2 is 2.00 bits per heavy atom. The van der Waals surface area contributed by atoms with Crippen LogP contribution < -0.4 is 5.32 Å². The fraction of sp³-hybridized carbons (Fsp3) is 0.0714. The highest BCUT2D eigenvalue weighted by atomic mass is 32.1. The Kier molecular flexibility index (Phi) is 2.64. The van der Waals surface area contributed by atoms with Crippen LogP contribution in [0.4, 0.5) is 5.69 Å². The minimum absolute atomic E-state index is 0.251. The van der Waals surface area contributed by atoms with Gasteiger partial charge in [0.2, 0.25) is 0 Å². The molecule has 1 heterocycles.